The molecule has 2 aromatic rings. The molecule has 18 heavy (non-hydrogen) atoms. The van der Waals surface area contributed by atoms with Crippen molar-refractivity contribution in [3.8, 4) is 5.75 Å². The van der Waals surface area contributed by atoms with E-state index in [1.807, 2.05) is 6.92 Å². The van der Waals surface area contributed by atoms with E-state index in [0.717, 1.165) is 16.7 Å². The first-order chi connectivity index (χ1) is 8.65. The third-order valence-corrected chi connectivity index (χ3v) is 3.40. The number of ether oxygens (including phenoxy) is 1. The van der Waals surface area contributed by atoms with Crippen molar-refractivity contribution in [2.75, 3.05) is 0 Å². The number of hydrogen-bond acceptors (Lipinski definition) is 1. The van der Waals surface area contributed by atoms with Gasteiger partial charge in [-0.15, -0.1) is 0 Å². The minimum Gasteiger partial charge on any atom is -0.488 e. The van der Waals surface area contributed by atoms with E-state index in [0.29, 0.717) is 12.4 Å². The van der Waals surface area contributed by atoms with E-state index >= 15 is 0 Å². The van der Waals surface area contributed by atoms with E-state index in [1.54, 1.807) is 12.1 Å². The summed E-state index contributed by atoms with van der Waals surface area (Å²) in [6.07, 6.45) is 0. The van der Waals surface area contributed by atoms with Crippen LogP contribution in [-0.2, 0) is 6.61 Å². The van der Waals surface area contributed by atoms with Gasteiger partial charge in [-0.1, -0.05) is 19.1 Å². The van der Waals surface area contributed by atoms with E-state index in [4.69, 9.17) is 4.74 Å². The van der Waals surface area contributed by atoms with Crippen LogP contribution in [0, 0.1) is 11.6 Å². The first kappa shape index (κ1) is 11.2. The van der Waals surface area contributed by atoms with Gasteiger partial charge in [0.05, 0.1) is 0 Å². The minimum absolute atomic E-state index is 0.00574. The molecule has 1 unspecified atom stereocenters. The van der Waals surface area contributed by atoms with Crippen LogP contribution in [0.25, 0.3) is 0 Å². The molecule has 0 radical (unpaired) electrons. The molecule has 0 bridgehead atoms. The lowest BCUT2D eigenvalue weighted by molar-refractivity contribution is 0.305. The van der Waals surface area contributed by atoms with Crippen molar-refractivity contribution in [3.63, 3.8) is 0 Å². The van der Waals surface area contributed by atoms with Gasteiger partial charge in [0.2, 0.25) is 0 Å². The van der Waals surface area contributed by atoms with Crippen LogP contribution in [0.15, 0.2) is 36.4 Å². The summed E-state index contributed by atoms with van der Waals surface area (Å²) in [5.74, 6) is -0.0443. The van der Waals surface area contributed by atoms with Crippen LogP contribution >= 0.6 is 0 Å². The molecule has 0 aromatic heterocycles. The fourth-order valence-corrected chi connectivity index (χ4v) is 2.41. The van der Waals surface area contributed by atoms with Crippen LogP contribution in [-0.4, -0.2) is 0 Å². The Morgan fingerprint density at radius 3 is 2.56 bits per heavy atom. The van der Waals surface area contributed by atoms with Crippen LogP contribution in [0.4, 0.5) is 8.78 Å². The average Bonchev–Trinajstić information content (AvgIpc) is 2.48. The van der Waals surface area contributed by atoms with E-state index in [-0.39, 0.29) is 17.6 Å². The standard InChI is InChI=1S/C15H12F2O/c1-9-13-5-4-12(17)7-15(13)18-8-10-2-3-11(16)6-14(9)10/h2-7,9H,8H2,1H3. The van der Waals surface area contributed by atoms with E-state index in [2.05, 4.69) is 0 Å². The zero-order chi connectivity index (χ0) is 12.7. The molecule has 1 aliphatic heterocycles. The first-order valence-corrected chi connectivity index (χ1v) is 5.86. The van der Waals surface area contributed by atoms with E-state index in [1.165, 1.54) is 24.3 Å². The maximum atomic E-state index is 13.3. The van der Waals surface area contributed by atoms with Crippen molar-refractivity contribution in [2.24, 2.45) is 0 Å². The van der Waals surface area contributed by atoms with Gasteiger partial charge in [-0.05, 0) is 29.3 Å². The summed E-state index contributed by atoms with van der Waals surface area (Å²) in [5, 5.41) is 0. The Hall–Kier alpha value is -1.90. The Balaban J connectivity index is 2.17. The van der Waals surface area contributed by atoms with Crippen LogP contribution in [0.3, 0.4) is 0 Å². The van der Waals surface area contributed by atoms with Gasteiger partial charge < -0.3 is 4.74 Å². The molecule has 0 saturated heterocycles. The second-order valence-electron chi connectivity index (χ2n) is 4.54. The molecule has 0 spiro atoms. The minimum atomic E-state index is -0.321. The number of benzene rings is 2. The molecule has 2 aromatic carbocycles. The molecule has 0 fully saturated rings. The molecule has 1 atom stereocenters. The highest BCUT2D eigenvalue weighted by Crippen LogP contribution is 2.37. The second-order valence-corrected chi connectivity index (χ2v) is 4.54. The monoisotopic (exact) mass is 246 g/mol. The topological polar surface area (TPSA) is 9.23 Å². The average molecular weight is 246 g/mol. The lowest BCUT2D eigenvalue weighted by atomic mass is 9.90. The van der Waals surface area contributed by atoms with E-state index < -0.39 is 0 Å². The van der Waals surface area contributed by atoms with Gasteiger partial charge >= 0.3 is 0 Å². The Bertz CT molecular complexity index is 607. The normalized spacial score (nSPS) is 17.4. The van der Waals surface area contributed by atoms with Gasteiger partial charge in [-0.2, -0.15) is 0 Å². The smallest absolute Gasteiger partial charge is 0.126 e. The highest BCUT2D eigenvalue weighted by molar-refractivity contribution is 5.46. The van der Waals surface area contributed by atoms with Gasteiger partial charge in [0.1, 0.15) is 24.0 Å². The Labute approximate surface area is 104 Å². The molecule has 0 amide bonds. The maximum Gasteiger partial charge on any atom is 0.126 e. The number of hydrogen-bond donors (Lipinski definition) is 0. The molecule has 3 rings (SSSR count). The maximum absolute atomic E-state index is 13.3. The summed E-state index contributed by atoms with van der Waals surface area (Å²) in [4.78, 5) is 0. The molecule has 1 nitrogen and oxygen atoms in total. The summed E-state index contributed by atoms with van der Waals surface area (Å²) >= 11 is 0. The van der Waals surface area contributed by atoms with Gasteiger partial charge in [0, 0.05) is 17.5 Å². The summed E-state index contributed by atoms with van der Waals surface area (Å²) in [6.45, 7) is 2.32. The van der Waals surface area contributed by atoms with Gasteiger partial charge in [-0.3, -0.25) is 0 Å². The summed E-state index contributed by atoms with van der Waals surface area (Å²) in [6, 6.07) is 9.17. The predicted octanol–water partition coefficient (Wildman–Crippen LogP) is 4.01. The second kappa shape index (κ2) is 4.09. The summed E-state index contributed by atoms with van der Waals surface area (Å²) < 4.78 is 32.2. The third kappa shape index (κ3) is 1.76. The van der Waals surface area contributed by atoms with Crippen LogP contribution in [0.2, 0.25) is 0 Å². The quantitative estimate of drug-likeness (QED) is 0.682. The highest BCUT2D eigenvalue weighted by Gasteiger charge is 2.21. The van der Waals surface area contributed by atoms with Crippen molar-refractivity contribution in [1.82, 2.24) is 0 Å². The molecule has 0 saturated carbocycles. The molecular formula is C15H12F2O. The zero-order valence-electron chi connectivity index (χ0n) is 9.91. The fraction of sp³-hybridized carbons (Fsp3) is 0.200. The number of rotatable bonds is 0. The van der Waals surface area contributed by atoms with Crippen LogP contribution in [0.5, 0.6) is 5.75 Å². The zero-order valence-corrected chi connectivity index (χ0v) is 9.91. The predicted molar refractivity (Wildman–Crippen MR) is 64.6 cm³/mol. The Morgan fingerprint density at radius 1 is 1.00 bits per heavy atom. The Morgan fingerprint density at radius 2 is 1.72 bits per heavy atom. The lowest BCUT2D eigenvalue weighted by Gasteiger charge is -2.13. The summed E-state index contributed by atoms with van der Waals surface area (Å²) in [5.41, 5.74) is 2.74. The van der Waals surface area contributed by atoms with Gasteiger partial charge in [-0.25, -0.2) is 8.78 Å². The molecule has 1 heterocycles. The Kier molecular flexibility index (Phi) is 2.54. The first-order valence-electron chi connectivity index (χ1n) is 5.86. The number of fused-ring (bicyclic) bond motifs is 2. The highest BCUT2D eigenvalue weighted by atomic mass is 19.1. The molecule has 3 heteroatoms. The van der Waals surface area contributed by atoms with Crippen LogP contribution in [0.1, 0.15) is 29.5 Å². The van der Waals surface area contributed by atoms with Crippen molar-refractivity contribution in [3.05, 3.63) is 64.7 Å². The molecule has 0 N–H and O–H groups in total. The van der Waals surface area contributed by atoms with Crippen molar-refractivity contribution >= 4 is 0 Å². The van der Waals surface area contributed by atoms with Crippen molar-refractivity contribution in [1.29, 1.82) is 0 Å². The molecule has 92 valence electrons. The SMILES string of the molecule is CC1c2cc(F)ccc2COc2cc(F)ccc21. The van der Waals surface area contributed by atoms with Gasteiger partial charge in [0.15, 0.2) is 0 Å². The third-order valence-electron chi connectivity index (χ3n) is 3.40. The lowest BCUT2D eigenvalue weighted by Crippen LogP contribution is -1.99. The van der Waals surface area contributed by atoms with Gasteiger partial charge in [0.25, 0.3) is 0 Å². The molecule has 0 aliphatic carbocycles. The van der Waals surface area contributed by atoms with E-state index in [9.17, 15) is 8.78 Å². The fourth-order valence-electron chi connectivity index (χ4n) is 2.41. The number of halogens is 2. The molecular weight excluding hydrogens is 234 g/mol. The van der Waals surface area contributed by atoms with Crippen molar-refractivity contribution < 1.29 is 13.5 Å². The largest absolute Gasteiger partial charge is 0.488 e. The van der Waals surface area contributed by atoms with Crippen LogP contribution < -0.4 is 4.74 Å². The summed E-state index contributed by atoms with van der Waals surface area (Å²) in [7, 11) is 0. The molecule has 1 aliphatic rings. The van der Waals surface area contributed by atoms with Crippen molar-refractivity contribution in [2.45, 2.75) is 19.4 Å².